The Kier molecular flexibility index (Phi) is 5.12. The molecule has 2 aromatic heterocycles. The van der Waals surface area contributed by atoms with Crippen molar-refractivity contribution >= 4 is 23.2 Å². The first kappa shape index (κ1) is 15.7. The molecule has 0 saturated carbocycles. The lowest BCUT2D eigenvalue weighted by molar-refractivity contribution is 0.735. The van der Waals surface area contributed by atoms with Gasteiger partial charge in [-0.15, -0.1) is 11.3 Å². The van der Waals surface area contributed by atoms with Crippen molar-refractivity contribution in [3.05, 3.63) is 28.2 Å². The topological polar surface area (TPSA) is 53.9 Å². The minimum atomic E-state index is 0.278. The molecule has 2 aromatic rings. The largest absolute Gasteiger partial charge is 0.351 e. The van der Waals surface area contributed by atoms with Crippen LogP contribution in [0.5, 0.6) is 0 Å². The van der Waals surface area contributed by atoms with E-state index in [1.165, 1.54) is 4.88 Å². The molecule has 1 unspecified atom stereocenters. The van der Waals surface area contributed by atoms with Gasteiger partial charge in [0.2, 0.25) is 11.9 Å². The Morgan fingerprint density at radius 1 is 1.19 bits per heavy atom. The van der Waals surface area contributed by atoms with Crippen molar-refractivity contribution in [2.45, 2.75) is 39.2 Å². The number of thiophene rings is 1. The smallest absolute Gasteiger partial charge is 0.229 e. The van der Waals surface area contributed by atoms with Crippen LogP contribution >= 0.6 is 11.3 Å². The van der Waals surface area contributed by atoms with E-state index in [-0.39, 0.29) is 12.0 Å². The van der Waals surface area contributed by atoms with E-state index in [9.17, 15) is 0 Å². The maximum atomic E-state index is 4.53. The van der Waals surface area contributed by atoms with Gasteiger partial charge in [-0.2, -0.15) is 15.0 Å². The molecule has 0 aromatic carbocycles. The van der Waals surface area contributed by atoms with Gasteiger partial charge in [-0.05, 0) is 18.4 Å². The summed E-state index contributed by atoms with van der Waals surface area (Å²) in [6.45, 7) is 6.33. The van der Waals surface area contributed by atoms with Gasteiger partial charge < -0.3 is 10.2 Å². The number of anilines is 2. The maximum absolute atomic E-state index is 4.53. The summed E-state index contributed by atoms with van der Waals surface area (Å²) in [5, 5.41) is 5.49. The Morgan fingerprint density at radius 3 is 2.52 bits per heavy atom. The second-order valence-corrected chi connectivity index (χ2v) is 6.73. The predicted molar refractivity (Wildman–Crippen MR) is 89.4 cm³/mol. The van der Waals surface area contributed by atoms with Gasteiger partial charge >= 0.3 is 0 Å². The zero-order valence-corrected chi connectivity index (χ0v) is 14.1. The molecule has 2 rings (SSSR count). The third-order valence-electron chi connectivity index (χ3n) is 3.02. The van der Waals surface area contributed by atoms with Gasteiger partial charge in [0.05, 0.1) is 0 Å². The molecule has 5 nitrogen and oxygen atoms in total. The van der Waals surface area contributed by atoms with Gasteiger partial charge in [-0.3, -0.25) is 0 Å². The molecule has 0 saturated heterocycles. The molecule has 0 aliphatic rings. The first-order chi connectivity index (χ1) is 9.95. The lowest BCUT2D eigenvalue weighted by Crippen LogP contribution is -2.22. The lowest BCUT2D eigenvalue weighted by atomic mass is 10.2. The normalized spacial score (nSPS) is 12.5. The minimum Gasteiger partial charge on any atom is -0.351 e. The van der Waals surface area contributed by atoms with Crippen molar-refractivity contribution in [2.75, 3.05) is 24.3 Å². The van der Waals surface area contributed by atoms with E-state index < -0.39 is 0 Å². The number of hydrogen-bond acceptors (Lipinski definition) is 6. The first-order valence-corrected chi connectivity index (χ1v) is 8.06. The molecule has 1 N–H and O–H groups in total. The summed E-state index contributed by atoms with van der Waals surface area (Å²) in [7, 11) is 3.89. The van der Waals surface area contributed by atoms with Crippen LogP contribution in [0.4, 0.5) is 11.9 Å². The molecule has 21 heavy (non-hydrogen) atoms. The van der Waals surface area contributed by atoms with E-state index >= 15 is 0 Å². The van der Waals surface area contributed by atoms with Crippen molar-refractivity contribution in [2.24, 2.45) is 0 Å². The molecule has 0 spiro atoms. The quantitative estimate of drug-likeness (QED) is 0.888. The molecule has 0 amide bonds. The molecular formula is C15H23N5S. The average Bonchev–Trinajstić information content (AvgIpc) is 2.90. The SMILES string of the molecule is CC(Cc1cccs1)Nc1nc(C(C)C)nc(N(C)C)n1. The van der Waals surface area contributed by atoms with E-state index in [1.807, 2.05) is 19.0 Å². The summed E-state index contributed by atoms with van der Waals surface area (Å²) >= 11 is 1.78. The highest BCUT2D eigenvalue weighted by atomic mass is 32.1. The second kappa shape index (κ2) is 6.85. The highest BCUT2D eigenvalue weighted by Crippen LogP contribution is 2.17. The maximum Gasteiger partial charge on any atom is 0.229 e. The Hall–Kier alpha value is -1.69. The molecule has 1 atom stereocenters. The molecule has 0 aliphatic carbocycles. The number of nitrogens with zero attached hydrogens (tertiary/aromatic N) is 4. The van der Waals surface area contributed by atoms with E-state index in [2.05, 4.69) is 58.6 Å². The van der Waals surface area contributed by atoms with Crippen LogP contribution in [0, 0.1) is 0 Å². The highest BCUT2D eigenvalue weighted by Gasteiger charge is 2.13. The monoisotopic (exact) mass is 305 g/mol. The Balaban J connectivity index is 2.14. The number of hydrogen-bond donors (Lipinski definition) is 1. The van der Waals surface area contributed by atoms with Crippen LogP contribution in [0.3, 0.4) is 0 Å². The summed E-state index contributed by atoms with van der Waals surface area (Å²) in [5.74, 6) is 2.44. The van der Waals surface area contributed by atoms with E-state index in [1.54, 1.807) is 11.3 Å². The van der Waals surface area contributed by atoms with Gasteiger partial charge in [-0.25, -0.2) is 0 Å². The Bertz CT molecular complexity index is 539. The lowest BCUT2D eigenvalue weighted by Gasteiger charge is -2.17. The molecule has 0 fully saturated rings. The van der Waals surface area contributed by atoms with Crippen molar-refractivity contribution in [3.63, 3.8) is 0 Å². The predicted octanol–water partition coefficient (Wildman–Crippen LogP) is 3.17. The molecule has 0 radical (unpaired) electrons. The van der Waals surface area contributed by atoms with Gasteiger partial charge in [0.1, 0.15) is 5.82 Å². The summed E-state index contributed by atoms with van der Waals surface area (Å²) in [4.78, 5) is 16.8. The molecule has 6 heteroatoms. The van der Waals surface area contributed by atoms with Crippen LogP contribution in [0.25, 0.3) is 0 Å². The van der Waals surface area contributed by atoms with Gasteiger partial charge in [-0.1, -0.05) is 19.9 Å². The van der Waals surface area contributed by atoms with Gasteiger partial charge in [0, 0.05) is 37.4 Å². The third kappa shape index (κ3) is 4.39. The first-order valence-electron chi connectivity index (χ1n) is 7.18. The number of rotatable bonds is 6. The van der Waals surface area contributed by atoms with Crippen molar-refractivity contribution in [3.8, 4) is 0 Å². The molecule has 0 aliphatic heterocycles. The summed E-state index contributed by atoms with van der Waals surface area (Å²) in [5.41, 5.74) is 0. The molecular weight excluding hydrogens is 282 g/mol. The number of nitrogens with one attached hydrogen (secondary N) is 1. The zero-order chi connectivity index (χ0) is 15.4. The Labute approximate surface area is 130 Å². The fraction of sp³-hybridized carbons (Fsp3) is 0.533. The highest BCUT2D eigenvalue weighted by molar-refractivity contribution is 7.09. The van der Waals surface area contributed by atoms with Gasteiger partial charge in [0.25, 0.3) is 0 Å². The molecule has 2 heterocycles. The van der Waals surface area contributed by atoms with Crippen LogP contribution in [0.2, 0.25) is 0 Å². The zero-order valence-electron chi connectivity index (χ0n) is 13.3. The van der Waals surface area contributed by atoms with Crippen LogP contribution < -0.4 is 10.2 Å². The van der Waals surface area contributed by atoms with Crippen LogP contribution in [0.1, 0.15) is 37.4 Å². The average molecular weight is 305 g/mol. The minimum absolute atomic E-state index is 0.278. The Morgan fingerprint density at radius 2 is 1.95 bits per heavy atom. The van der Waals surface area contributed by atoms with Crippen molar-refractivity contribution in [1.29, 1.82) is 0 Å². The van der Waals surface area contributed by atoms with E-state index in [0.717, 1.165) is 12.2 Å². The summed E-state index contributed by atoms with van der Waals surface area (Å²) < 4.78 is 0. The fourth-order valence-corrected chi connectivity index (χ4v) is 2.74. The molecule has 114 valence electrons. The second-order valence-electron chi connectivity index (χ2n) is 5.70. The fourth-order valence-electron chi connectivity index (χ4n) is 1.91. The molecule has 0 bridgehead atoms. The summed E-state index contributed by atoms with van der Waals surface area (Å²) in [6.07, 6.45) is 0.970. The van der Waals surface area contributed by atoms with E-state index in [4.69, 9.17) is 0 Å². The summed E-state index contributed by atoms with van der Waals surface area (Å²) in [6, 6.07) is 4.51. The number of aromatic nitrogens is 3. The van der Waals surface area contributed by atoms with Crippen LogP contribution in [0.15, 0.2) is 17.5 Å². The van der Waals surface area contributed by atoms with Crippen molar-refractivity contribution < 1.29 is 0 Å². The van der Waals surface area contributed by atoms with Gasteiger partial charge in [0.15, 0.2) is 0 Å². The van der Waals surface area contributed by atoms with Crippen LogP contribution in [-0.4, -0.2) is 35.1 Å². The van der Waals surface area contributed by atoms with E-state index in [0.29, 0.717) is 11.9 Å². The standard InChI is InChI=1S/C15H23N5S/c1-10(2)13-17-14(19-15(18-13)20(4)5)16-11(3)9-12-7-6-8-21-12/h6-8,10-11H,9H2,1-5H3,(H,16,17,18,19). The van der Waals surface area contributed by atoms with Crippen LogP contribution in [-0.2, 0) is 6.42 Å². The third-order valence-corrected chi connectivity index (χ3v) is 3.92. The van der Waals surface area contributed by atoms with Crippen molar-refractivity contribution in [1.82, 2.24) is 15.0 Å².